The highest BCUT2D eigenvalue weighted by Crippen LogP contribution is 1.89. The van der Waals surface area contributed by atoms with Crippen molar-refractivity contribution in [1.29, 1.82) is 0 Å². The molecular formula is C5H10N2O2S. The fourth-order valence-corrected chi connectivity index (χ4v) is 1.06. The van der Waals surface area contributed by atoms with Gasteiger partial charge in [0.05, 0.1) is 0 Å². The van der Waals surface area contributed by atoms with Gasteiger partial charge in [-0.05, 0) is 6.92 Å². The molecule has 0 unspecified atom stereocenters. The van der Waals surface area contributed by atoms with E-state index in [1.54, 1.807) is 6.92 Å². The molecule has 0 aromatic rings. The first-order valence-electron chi connectivity index (χ1n) is 2.68. The Kier molecular flexibility index (Phi) is 3.21. The van der Waals surface area contributed by atoms with Crippen LogP contribution < -0.4 is 0 Å². The Morgan fingerprint density at radius 2 is 2.00 bits per heavy atom. The summed E-state index contributed by atoms with van der Waals surface area (Å²) in [4.78, 5) is 7.03. The lowest BCUT2D eigenvalue weighted by molar-refractivity contribution is 0.612. The lowest BCUT2D eigenvalue weighted by Crippen LogP contribution is -2.09. The molecule has 0 spiro atoms. The molecule has 0 saturated carbocycles. The highest BCUT2D eigenvalue weighted by Gasteiger charge is 2.08. The molecule has 0 amide bonds. The molecule has 0 aromatic heterocycles. The number of sulfone groups is 1. The molecule has 0 aromatic carbocycles. The minimum absolute atomic E-state index is 0.130. The maximum Gasteiger partial charge on any atom is 0.241 e. The minimum atomic E-state index is -3.23. The quantitative estimate of drug-likeness (QED) is 0.375. The second kappa shape index (κ2) is 3.46. The van der Waals surface area contributed by atoms with Crippen molar-refractivity contribution >= 4 is 21.2 Å². The molecule has 4 nitrogen and oxygen atoms in total. The normalized spacial score (nSPS) is 14.5. The second-order valence-corrected chi connectivity index (χ2v) is 3.58. The van der Waals surface area contributed by atoms with Gasteiger partial charge in [0.2, 0.25) is 15.0 Å². The Bertz CT molecular complexity index is 251. The van der Waals surface area contributed by atoms with Gasteiger partial charge in [0.15, 0.2) is 0 Å². The molecule has 0 aliphatic carbocycles. The van der Waals surface area contributed by atoms with E-state index in [-0.39, 0.29) is 5.17 Å². The van der Waals surface area contributed by atoms with Crippen molar-refractivity contribution in [3.05, 3.63) is 0 Å². The van der Waals surface area contributed by atoms with E-state index in [1.165, 1.54) is 13.3 Å². The number of hydrogen-bond acceptors (Lipinski definition) is 3. The average Bonchev–Trinajstić information content (AvgIpc) is 1.80. The third-order valence-corrected chi connectivity index (χ3v) is 1.71. The fourth-order valence-electron chi connectivity index (χ4n) is 0.430. The molecule has 0 N–H and O–H groups in total. The topological polar surface area (TPSA) is 58.9 Å². The van der Waals surface area contributed by atoms with Crippen LogP contribution in [0.25, 0.3) is 0 Å². The summed E-state index contributed by atoms with van der Waals surface area (Å²) in [6, 6.07) is 0. The molecule has 0 aliphatic heterocycles. The van der Waals surface area contributed by atoms with Crippen LogP contribution in [-0.2, 0) is 9.84 Å². The SMILES string of the molecule is CC=NC(=NC)S(C)(=O)=O. The van der Waals surface area contributed by atoms with Crippen LogP contribution in [0.15, 0.2) is 9.98 Å². The molecule has 5 heteroatoms. The number of rotatable bonds is 0. The van der Waals surface area contributed by atoms with Crippen molar-refractivity contribution in [1.82, 2.24) is 0 Å². The van der Waals surface area contributed by atoms with Crippen LogP contribution in [-0.4, -0.2) is 33.1 Å². The summed E-state index contributed by atoms with van der Waals surface area (Å²) in [5.74, 6) is 0. The standard InChI is InChI=1S/C5H10N2O2S/c1-4-7-5(6-2)10(3,8)9/h4H,1-3H3. The highest BCUT2D eigenvalue weighted by atomic mass is 32.2. The summed E-state index contributed by atoms with van der Waals surface area (Å²) in [6.07, 6.45) is 2.46. The molecule has 0 heterocycles. The van der Waals surface area contributed by atoms with Crippen molar-refractivity contribution < 1.29 is 8.42 Å². The second-order valence-electron chi connectivity index (χ2n) is 1.67. The molecule has 0 fully saturated rings. The fraction of sp³-hybridized carbons (Fsp3) is 0.600. The van der Waals surface area contributed by atoms with Gasteiger partial charge in [0, 0.05) is 19.5 Å². The van der Waals surface area contributed by atoms with Gasteiger partial charge in [0.1, 0.15) is 0 Å². The van der Waals surface area contributed by atoms with E-state index in [0.29, 0.717) is 0 Å². The Morgan fingerprint density at radius 1 is 1.50 bits per heavy atom. The third-order valence-electron chi connectivity index (χ3n) is 0.762. The van der Waals surface area contributed by atoms with E-state index < -0.39 is 9.84 Å². The molecule has 0 aliphatic rings. The molecule has 10 heavy (non-hydrogen) atoms. The van der Waals surface area contributed by atoms with Crippen molar-refractivity contribution in [3.63, 3.8) is 0 Å². The average molecular weight is 162 g/mol. The van der Waals surface area contributed by atoms with Crippen LogP contribution in [0.1, 0.15) is 6.92 Å². The predicted molar refractivity (Wildman–Crippen MR) is 42.4 cm³/mol. The van der Waals surface area contributed by atoms with E-state index in [2.05, 4.69) is 9.98 Å². The van der Waals surface area contributed by atoms with Crippen molar-refractivity contribution in [3.8, 4) is 0 Å². The van der Waals surface area contributed by atoms with Gasteiger partial charge in [-0.2, -0.15) is 0 Å². The van der Waals surface area contributed by atoms with Crippen LogP contribution in [0, 0.1) is 0 Å². The lowest BCUT2D eigenvalue weighted by atomic mass is 10.9. The van der Waals surface area contributed by atoms with Gasteiger partial charge in [-0.15, -0.1) is 0 Å². The molecule has 0 rings (SSSR count). The van der Waals surface area contributed by atoms with Gasteiger partial charge < -0.3 is 0 Å². The van der Waals surface area contributed by atoms with Gasteiger partial charge in [-0.3, -0.25) is 4.99 Å². The molecule has 0 atom stereocenters. The van der Waals surface area contributed by atoms with Crippen LogP contribution in [0.4, 0.5) is 0 Å². The van der Waals surface area contributed by atoms with Crippen LogP contribution in [0.3, 0.4) is 0 Å². The Morgan fingerprint density at radius 3 is 2.10 bits per heavy atom. The summed E-state index contributed by atoms with van der Waals surface area (Å²) < 4.78 is 21.4. The summed E-state index contributed by atoms with van der Waals surface area (Å²) in [6.45, 7) is 1.64. The zero-order valence-electron chi connectivity index (χ0n) is 6.20. The monoisotopic (exact) mass is 162 g/mol. The number of hydrogen-bond donors (Lipinski definition) is 0. The third kappa shape index (κ3) is 2.72. The Labute approximate surface area is 60.6 Å². The summed E-state index contributed by atoms with van der Waals surface area (Å²) in [5, 5.41) is -0.130. The highest BCUT2D eigenvalue weighted by molar-refractivity contribution is 8.05. The first-order valence-corrected chi connectivity index (χ1v) is 4.57. The Hall–Kier alpha value is -0.710. The van der Waals surface area contributed by atoms with E-state index in [1.807, 2.05) is 0 Å². The number of nitrogens with zero attached hydrogens (tertiary/aromatic N) is 2. The number of amidine groups is 1. The first kappa shape index (κ1) is 9.29. The molecule has 58 valence electrons. The van der Waals surface area contributed by atoms with Crippen LogP contribution >= 0.6 is 0 Å². The van der Waals surface area contributed by atoms with Gasteiger partial charge in [-0.1, -0.05) is 0 Å². The first-order chi connectivity index (χ1) is 4.52. The van der Waals surface area contributed by atoms with E-state index in [9.17, 15) is 8.42 Å². The van der Waals surface area contributed by atoms with Crippen LogP contribution in [0.2, 0.25) is 0 Å². The van der Waals surface area contributed by atoms with E-state index in [4.69, 9.17) is 0 Å². The maximum atomic E-state index is 10.7. The van der Waals surface area contributed by atoms with Crippen molar-refractivity contribution in [2.75, 3.05) is 13.3 Å². The zero-order chi connectivity index (χ0) is 8.20. The molecular weight excluding hydrogens is 152 g/mol. The van der Waals surface area contributed by atoms with Gasteiger partial charge >= 0.3 is 0 Å². The summed E-state index contributed by atoms with van der Waals surface area (Å²) in [5.41, 5.74) is 0. The molecule has 0 radical (unpaired) electrons. The predicted octanol–water partition coefficient (Wildman–Crippen LogP) is 0.108. The summed E-state index contributed by atoms with van der Waals surface area (Å²) in [7, 11) is -1.83. The van der Waals surface area contributed by atoms with Gasteiger partial charge in [0.25, 0.3) is 0 Å². The lowest BCUT2D eigenvalue weighted by Gasteiger charge is -1.92. The largest absolute Gasteiger partial charge is 0.260 e. The minimum Gasteiger partial charge on any atom is -0.260 e. The van der Waals surface area contributed by atoms with Crippen molar-refractivity contribution in [2.24, 2.45) is 9.98 Å². The smallest absolute Gasteiger partial charge is 0.241 e. The Balaban J connectivity index is 4.75. The van der Waals surface area contributed by atoms with E-state index in [0.717, 1.165) is 6.26 Å². The molecule has 0 saturated heterocycles. The van der Waals surface area contributed by atoms with Gasteiger partial charge in [-0.25, -0.2) is 13.4 Å². The number of aliphatic imine (C=N–C) groups is 2. The zero-order valence-corrected chi connectivity index (χ0v) is 7.01. The maximum absolute atomic E-state index is 10.7. The summed E-state index contributed by atoms with van der Waals surface area (Å²) >= 11 is 0. The van der Waals surface area contributed by atoms with Crippen LogP contribution in [0.5, 0.6) is 0 Å². The van der Waals surface area contributed by atoms with E-state index >= 15 is 0 Å². The van der Waals surface area contributed by atoms with Crippen molar-refractivity contribution in [2.45, 2.75) is 6.92 Å². The molecule has 0 bridgehead atoms.